The van der Waals surface area contributed by atoms with E-state index < -0.39 is 11.2 Å². The Morgan fingerprint density at radius 2 is 2.16 bits per heavy atom. The molecule has 2 aliphatic rings. The Hall–Kier alpha value is -1.66. The van der Waals surface area contributed by atoms with Crippen molar-refractivity contribution in [2.75, 3.05) is 39.9 Å². The molecule has 1 aromatic carbocycles. The molecule has 136 valence electrons. The van der Waals surface area contributed by atoms with E-state index in [-0.39, 0.29) is 22.4 Å². The Morgan fingerprint density at radius 3 is 2.88 bits per heavy atom. The lowest BCUT2D eigenvalue weighted by molar-refractivity contribution is -0.146. The fraction of sp³-hybridized carbons (Fsp3) is 0.556. The summed E-state index contributed by atoms with van der Waals surface area (Å²) < 4.78 is 18.7. The number of rotatable bonds is 4. The number of methoxy groups -OCH3 is 1. The summed E-state index contributed by atoms with van der Waals surface area (Å²) in [5.41, 5.74) is -0.245. The fourth-order valence-corrected chi connectivity index (χ4v) is 3.92. The minimum atomic E-state index is -0.610. The zero-order valence-corrected chi connectivity index (χ0v) is 15.0. The molecule has 0 aliphatic carbocycles. The second-order valence-electron chi connectivity index (χ2n) is 6.77. The van der Waals surface area contributed by atoms with Gasteiger partial charge in [0, 0.05) is 38.9 Å². The maximum Gasteiger partial charge on any atom is 0.253 e. The molecule has 1 spiro atoms. The predicted octanol–water partition coefficient (Wildman–Crippen LogP) is 2.58. The molecular weight excluding hydrogens is 347 g/mol. The van der Waals surface area contributed by atoms with Crippen LogP contribution in [-0.2, 0) is 9.53 Å². The van der Waals surface area contributed by atoms with E-state index in [2.05, 4.69) is 0 Å². The summed E-state index contributed by atoms with van der Waals surface area (Å²) >= 11 is 5.68. The number of hydrogen-bond acceptors (Lipinski definition) is 3. The van der Waals surface area contributed by atoms with E-state index in [0.29, 0.717) is 32.7 Å². The molecule has 5 nitrogen and oxygen atoms in total. The van der Waals surface area contributed by atoms with Crippen LogP contribution in [-0.4, -0.2) is 61.5 Å². The van der Waals surface area contributed by atoms with Crippen LogP contribution >= 0.6 is 11.6 Å². The van der Waals surface area contributed by atoms with Crippen LogP contribution in [0.1, 0.15) is 29.6 Å². The first-order valence-electron chi connectivity index (χ1n) is 8.49. The highest BCUT2D eigenvalue weighted by atomic mass is 35.5. The summed E-state index contributed by atoms with van der Waals surface area (Å²) in [6, 6.07) is 4.06. The van der Waals surface area contributed by atoms with Gasteiger partial charge in [-0.1, -0.05) is 11.6 Å². The van der Waals surface area contributed by atoms with Gasteiger partial charge in [0.25, 0.3) is 5.91 Å². The van der Waals surface area contributed by atoms with Gasteiger partial charge in [-0.3, -0.25) is 9.59 Å². The number of amides is 2. The van der Waals surface area contributed by atoms with Crippen LogP contribution in [0.25, 0.3) is 0 Å². The van der Waals surface area contributed by atoms with Gasteiger partial charge >= 0.3 is 0 Å². The second kappa shape index (κ2) is 7.30. The van der Waals surface area contributed by atoms with E-state index in [1.165, 1.54) is 12.1 Å². The number of likely N-dealkylation sites (tertiary alicyclic amines) is 2. The maximum atomic E-state index is 13.6. The number of piperidine rings is 1. The number of carbonyl (C=O) groups excluding carboxylic acids is 2. The van der Waals surface area contributed by atoms with Crippen LogP contribution in [0.2, 0.25) is 5.02 Å². The van der Waals surface area contributed by atoms with Crippen LogP contribution < -0.4 is 0 Å². The van der Waals surface area contributed by atoms with E-state index >= 15 is 0 Å². The molecule has 2 aliphatic heterocycles. The summed E-state index contributed by atoms with van der Waals surface area (Å²) in [4.78, 5) is 29.1. The van der Waals surface area contributed by atoms with Crippen molar-refractivity contribution < 1.29 is 18.7 Å². The molecule has 7 heteroatoms. The van der Waals surface area contributed by atoms with Gasteiger partial charge in [-0.25, -0.2) is 4.39 Å². The molecule has 2 heterocycles. The number of hydrogen-bond donors (Lipinski definition) is 0. The summed E-state index contributed by atoms with van der Waals surface area (Å²) in [6.07, 6.45) is 2.36. The van der Waals surface area contributed by atoms with Crippen LogP contribution in [0.5, 0.6) is 0 Å². The molecule has 2 saturated heterocycles. The maximum absolute atomic E-state index is 13.6. The Kier molecular flexibility index (Phi) is 5.29. The first kappa shape index (κ1) is 18.1. The lowest BCUT2D eigenvalue weighted by Gasteiger charge is -2.39. The zero-order chi connectivity index (χ0) is 18.0. The molecule has 0 saturated carbocycles. The Labute approximate surface area is 151 Å². The van der Waals surface area contributed by atoms with Gasteiger partial charge in [0.1, 0.15) is 5.82 Å². The molecule has 1 aromatic rings. The standard InChI is InChI=1S/C18H22ClFN2O3/c1-25-10-9-21-7-2-5-18(17(21)24)6-8-22(12-18)16(23)13-3-4-14(19)15(20)11-13/h3-4,11H,2,5-10,12H2,1H3. The van der Waals surface area contributed by atoms with E-state index in [1.54, 1.807) is 12.0 Å². The van der Waals surface area contributed by atoms with Gasteiger partial charge in [-0.05, 0) is 37.5 Å². The average molecular weight is 369 g/mol. The summed E-state index contributed by atoms with van der Waals surface area (Å²) in [6.45, 7) is 2.72. The molecule has 1 unspecified atom stereocenters. The third-order valence-electron chi connectivity index (χ3n) is 5.20. The van der Waals surface area contributed by atoms with Crippen LogP contribution in [0.15, 0.2) is 18.2 Å². The van der Waals surface area contributed by atoms with Crippen LogP contribution in [0.4, 0.5) is 4.39 Å². The monoisotopic (exact) mass is 368 g/mol. The van der Waals surface area contributed by atoms with Crippen molar-refractivity contribution in [3.63, 3.8) is 0 Å². The Bertz CT molecular complexity index is 684. The van der Waals surface area contributed by atoms with Gasteiger partial charge in [0.2, 0.25) is 5.91 Å². The molecule has 0 aromatic heterocycles. The second-order valence-corrected chi connectivity index (χ2v) is 7.18. The van der Waals surface area contributed by atoms with Gasteiger partial charge < -0.3 is 14.5 Å². The minimum Gasteiger partial charge on any atom is -0.383 e. The molecular formula is C18H22ClFN2O3. The summed E-state index contributed by atoms with van der Waals surface area (Å²) in [5.74, 6) is -0.761. The predicted molar refractivity (Wildman–Crippen MR) is 92.1 cm³/mol. The van der Waals surface area contributed by atoms with Crippen molar-refractivity contribution >= 4 is 23.4 Å². The summed E-state index contributed by atoms with van der Waals surface area (Å²) in [5, 5.41) is -0.00862. The first-order valence-corrected chi connectivity index (χ1v) is 8.87. The van der Waals surface area contributed by atoms with Crippen LogP contribution in [0, 0.1) is 11.2 Å². The molecule has 2 fully saturated rings. The van der Waals surface area contributed by atoms with Gasteiger partial charge in [-0.15, -0.1) is 0 Å². The molecule has 0 N–H and O–H groups in total. The summed E-state index contributed by atoms with van der Waals surface area (Å²) in [7, 11) is 1.62. The van der Waals surface area contributed by atoms with Crippen molar-refractivity contribution in [1.82, 2.24) is 9.80 Å². The number of ether oxygens (including phenoxy) is 1. The third-order valence-corrected chi connectivity index (χ3v) is 5.50. The van der Waals surface area contributed by atoms with Crippen molar-refractivity contribution in [2.45, 2.75) is 19.3 Å². The quantitative estimate of drug-likeness (QED) is 0.820. The SMILES string of the molecule is COCCN1CCCC2(CCN(C(=O)c3ccc(Cl)c(F)c3)C2)C1=O. The molecule has 2 amide bonds. The highest BCUT2D eigenvalue weighted by Gasteiger charge is 2.49. The van der Waals surface area contributed by atoms with Crippen LogP contribution in [0.3, 0.4) is 0 Å². The Balaban J connectivity index is 1.72. The fourth-order valence-electron chi connectivity index (χ4n) is 3.80. The van der Waals surface area contributed by atoms with E-state index in [9.17, 15) is 14.0 Å². The van der Waals surface area contributed by atoms with E-state index in [4.69, 9.17) is 16.3 Å². The van der Waals surface area contributed by atoms with Crippen molar-refractivity contribution in [1.29, 1.82) is 0 Å². The largest absolute Gasteiger partial charge is 0.383 e. The topological polar surface area (TPSA) is 49.9 Å². The minimum absolute atomic E-state index is 0.00862. The van der Waals surface area contributed by atoms with E-state index in [1.807, 2.05) is 4.90 Å². The van der Waals surface area contributed by atoms with Crippen molar-refractivity contribution in [2.24, 2.45) is 5.41 Å². The van der Waals surface area contributed by atoms with Crippen molar-refractivity contribution in [3.05, 3.63) is 34.6 Å². The van der Waals surface area contributed by atoms with Crippen molar-refractivity contribution in [3.8, 4) is 0 Å². The molecule has 0 radical (unpaired) electrons. The number of benzene rings is 1. The van der Waals surface area contributed by atoms with Gasteiger partial charge in [0.15, 0.2) is 0 Å². The lowest BCUT2D eigenvalue weighted by atomic mass is 9.78. The molecule has 3 rings (SSSR count). The van der Waals surface area contributed by atoms with Gasteiger partial charge in [0.05, 0.1) is 17.0 Å². The van der Waals surface area contributed by atoms with Gasteiger partial charge in [-0.2, -0.15) is 0 Å². The zero-order valence-electron chi connectivity index (χ0n) is 14.3. The molecule has 0 bridgehead atoms. The third kappa shape index (κ3) is 3.51. The normalized spacial score (nSPS) is 23.6. The van der Waals surface area contributed by atoms with E-state index in [0.717, 1.165) is 25.5 Å². The lowest BCUT2D eigenvalue weighted by Crippen LogP contribution is -2.51. The number of halogens is 2. The smallest absolute Gasteiger partial charge is 0.253 e. The average Bonchev–Trinajstić information content (AvgIpc) is 3.03. The number of carbonyl (C=O) groups is 2. The highest BCUT2D eigenvalue weighted by Crippen LogP contribution is 2.40. The first-order chi connectivity index (χ1) is 12.0. The number of nitrogens with zero attached hydrogens (tertiary/aromatic N) is 2. The highest BCUT2D eigenvalue weighted by molar-refractivity contribution is 6.30. The molecule has 1 atom stereocenters. The Morgan fingerprint density at radius 1 is 1.36 bits per heavy atom. The molecule has 25 heavy (non-hydrogen) atoms.